The van der Waals surface area contributed by atoms with Gasteiger partial charge in [-0.1, -0.05) is 12.1 Å². The van der Waals surface area contributed by atoms with Gasteiger partial charge in [-0.3, -0.25) is 4.90 Å². The molecule has 4 aromatic rings. The van der Waals surface area contributed by atoms with Crippen LogP contribution < -0.4 is 14.2 Å². The van der Waals surface area contributed by atoms with Gasteiger partial charge in [0.15, 0.2) is 17.1 Å². The number of carbonyl (C=O) groups excluding carboxylic acids is 1. The van der Waals surface area contributed by atoms with E-state index in [1.54, 1.807) is 28.8 Å². The molecule has 0 fully saturated rings. The lowest BCUT2D eigenvalue weighted by Crippen LogP contribution is -2.39. The van der Waals surface area contributed by atoms with Crippen LogP contribution in [0.25, 0.3) is 16.7 Å². The monoisotopic (exact) mass is 448 g/mol. The smallest absolute Gasteiger partial charge is 0.417 e. The van der Waals surface area contributed by atoms with Crippen molar-refractivity contribution >= 4 is 17.1 Å². The van der Waals surface area contributed by atoms with Gasteiger partial charge >= 0.3 is 6.09 Å². The first-order chi connectivity index (χ1) is 16.0. The highest BCUT2D eigenvalue weighted by Gasteiger charge is 2.28. The number of methoxy groups -OCH3 is 1. The van der Waals surface area contributed by atoms with Crippen molar-refractivity contribution in [3.63, 3.8) is 0 Å². The number of amides is 1. The summed E-state index contributed by atoms with van der Waals surface area (Å²) in [7, 11) is 1.58. The van der Waals surface area contributed by atoms with Crippen LogP contribution in [0, 0.1) is 12.7 Å². The van der Waals surface area contributed by atoms with Gasteiger partial charge in [0, 0.05) is 10.9 Å². The van der Waals surface area contributed by atoms with E-state index >= 15 is 0 Å². The van der Waals surface area contributed by atoms with Crippen LogP contribution in [0.2, 0.25) is 0 Å². The summed E-state index contributed by atoms with van der Waals surface area (Å²) in [4.78, 5) is 18.7. The second-order valence-electron chi connectivity index (χ2n) is 7.59. The third-order valence-electron chi connectivity index (χ3n) is 5.44. The number of para-hydroxylation sites is 2. The van der Waals surface area contributed by atoms with Crippen LogP contribution in [-0.2, 0) is 6.54 Å². The summed E-state index contributed by atoms with van der Waals surface area (Å²) in [5.74, 6) is 1.15. The van der Waals surface area contributed by atoms with Gasteiger partial charge in [0.1, 0.15) is 12.4 Å². The van der Waals surface area contributed by atoms with E-state index in [1.807, 2.05) is 37.3 Å². The van der Waals surface area contributed by atoms with Gasteiger partial charge in [-0.05, 0) is 49.4 Å². The fourth-order valence-electron chi connectivity index (χ4n) is 3.76. The zero-order valence-electron chi connectivity index (χ0n) is 18.1. The molecule has 0 aliphatic carbocycles. The van der Waals surface area contributed by atoms with Gasteiger partial charge in [-0.2, -0.15) is 10.1 Å². The van der Waals surface area contributed by atoms with Crippen molar-refractivity contribution in [2.24, 2.45) is 0 Å². The van der Waals surface area contributed by atoms with E-state index < -0.39 is 6.09 Å². The number of hydrogen-bond donors (Lipinski definition) is 0. The van der Waals surface area contributed by atoms with E-state index in [0.29, 0.717) is 35.9 Å². The molecule has 2 aromatic carbocycles. The number of benzene rings is 2. The maximum Gasteiger partial charge on any atom is 0.417 e. The molecule has 1 aliphatic rings. The van der Waals surface area contributed by atoms with Crippen LogP contribution in [0.5, 0.6) is 17.4 Å². The number of aromatic nitrogens is 3. The summed E-state index contributed by atoms with van der Waals surface area (Å²) in [6.45, 7) is 2.84. The average Bonchev–Trinajstić information content (AvgIpc) is 3.14. The number of hydrogen-bond acceptors (Lipinski definition) is 6. The first-order valence-corrected chi connectivity index (χ1v) is 10.4. The van der Waals surface area contributed by atoms with Crippen LogP contribution in [0.3, 0.4) is 0 Å². The predicted molar refractivity (Wildman–Crippen MR) is 118 cm³/mol. The molecule has 168 valence electrons. The van der Waals surface area contributed by atoms with Gasteiger partial charge in [0.25, 0.3) is 0 Å². The maximum absolute atomic E-state index is 13.3. The number of ether oxygens (including phenoxy) is 3. The molecule has 0 N–H and O–H groups in total. The summed E-state index contributed by atoms with van der Waals surface area (Å²) < 4.78 is 31.5. The fourth-order valence-corrected chi connectivity index (χ4v) is 3.76. The second-order valence-corrected chi connectivity index (χ2v) is 7.59. The lowest BCUT2D eigenvalue weighted by Gasteiger charge is -2.27. The molecule has 0 unspecified atom stereocenters. The fraction of sp³-hybridized carbons (Fsp3) is 0.208. The van der Waals surface area contributed by atoms with Crippen LogP contribution in [-0.4, -0.2) is 46.0 Å². The molecular formula is C24H21FN4O4. The predicted octanol–water partition coefficient (Wildman–Crippen LogP) is 4.27. The summed E-state index contributed by atoms with van der Waals surface area (Å²) in [5.41, 5.74) is 2.76. The van der Waals surface area contributed by atoms with Gasteiger partial charge < -0.3 is 14.2 Å². The summed E-state index contributed by atoms with van der Waals surface area (Å²) >= 11 is 0. The minimum absolute atomic E-state index is 0.248. The quantitative estimate of drug-likeness (QED) is 0.438. The molecule has 2 aromatic heterocycles. The van der Waals surface area contributed by atoms with E-state index in [0.717, 1.165) is 16.6 Å². The minimum atomic E-state index is -0.498. The Balaban J connectivity index is 1.37. The lowest BCUT2D eigenvalue weighted by molar-refractivity contribution is 0.125. The Kier molecular flexibility index (Phi) is 5.29. The lowest BCUT2D eigenvalue weighted by atomic mass is 10.1. The second kappa shape index (κ2) is 8.42. The molecule has 0 spiro atoms. The number of pyridine rings is 1. The summed E-state index contributed by atoms with van der Waals surface area (Å²) in [6, 6.07) is 15.2. The van der Waals surface area contributed by atoms with E-state index in [2.05, 4.69) is 10.1 Å². The SMILES string of the molecule is COc1ccccc1OCCN1Cc2cc3c(C)nn(-c4ccc(F)cc4)c3nc2OC1=O. The number of rotatable bonds is 6. The molecule has 0 saturated carbocycles. The zero-order valence-corrected chi connectivity index (χ0v) is 18.1. The number of fused-ring (bicyclic) bond motifs is 2. The highest BCUT2D eigenvalue weighted by atomic mass is 19.1. The molecule has 0 saturated heterocycles. The standard InChI is InChI=1S/C24H21FN4O4/c1-15-19-13-16-14-28(11-12-32-21-6-4-3-5-20(21)31-2)24(30)33-23(16)26-22(19)29(27-15)18-9-7-17(25)8-10-18/h3-10,13H,11-12,14H2,1-2H3. The van der Waals surface area contributed by atoms with Crippen molar-refractivity contribution in [2.75, 3.05) is 20.3 Å². The Morgan fingerprint density at radius 2 is 1.88 bits per heavy atom. The molecule has 0 atom stereocenters. The van der Waals surface area contributed by atoms with Crippen LogP contribution in [0.1, 0.15) is 11.3 Å². The molecule has 0 radical (unpaired) electrons. The van der Waals surface area contributed by atoms with Crippen LogP contribution in [0.4, 0.5) is 9.18 Å². The highest BCUT2D eigenvalue weighted by molar-refractivity contribution is 5.83. The third kappa shape index (κ3) is 3.93. The van der Waals surface area contributed by atoms with Crippen molar-refractivity contribution in [2.45, 2.75) is 13.5 Å². The molecule has 1 amide bonds. The Morgan fingerprint density at radius 3 is 2.64 bits per heavy atom. The van der Waals surface area contributed by atoms with Crippen molar-refractivity contribution in [1.82, 2.24) is 19.7 Å². The topological polar surface area (TPSA) is 78.7 Å². The highest BCUT2D eigenvalue weighted by Crippen LogP contribution is 2.31. The average molecular weight is 448 g/mol. The van der Waals surface area contributed by atoms with Crippen LogP contribution >= 0.6 is 0 Å². The van der Waals surface area contributed by atoms with Crippen molar-refractivity contribution < 1.29 is 23.4 Å². The molecule has 0 bridgehead atoms. The zero-order chi connectivity index (χ0) is 22.9. The third-order valence-corrected chi connectivity index (χ3v) is 5.44. The minimum Gasteiger partial charge on any atom is -0.493 e. The molecule has 5 rings (SSSR count). The van der Waals surface area contributed by atoms with E-state index in [9.17, 15) is 9.18 Å². The Morgan fingerprint density at radius 1 is 1.12 bits per heavy atom. The molecular weight excluding hydrogens is 427 g/mol. The first kappa shape index (κ1) is 20.7. The van der Waals surface area contributed by atoms with Crippen LogP contribution in [0.15, 0.2) is 54.6 Å². The van der Waals surface area contributed by atoms with Gasteiger partial charge in [0.05, 0.1) is 31.6 Å². The number of halogens is 1. The van der Waals surface area contributed by atoms with Gasteiger partial charge in [-0.15, -0.1) is 0 Å². The normalized spacial score (nSPS) is 13.1. The summed E-state index contributed by atoms with van der Waals surface area (Å²) in [5, 5.41) is 5.38. The molecule has 3 heterocycles. The molecule has 33 heavy (non-hydrogen) atoms. The van der Waals surface area contributed by atoms with Crippen molar-refractivity contribution in [3.05, 3.63) is 71.7 Å². The number of nitrogens with zero attached hydrogens (tertiary/aromatic N) is 4. The van der Waals surface area contributed by atoms with Gasteiger partial charge in [-0.25, -0.2) is 13.9 Å². The Bertz CT molecular complexity index is 1340. The van der Waals surface area contributed by atoms with E-state index in [-0.39, 0.29) is 18.3 Å². The molecule has 1 aliphatic heterocycles. The van der Waals surface area contributed by atoms with E-state index in [1.165, 1.54) is 12.1 Å². The largest absolute Gasteiger partial charge is 0.493 e. The number of carbonyl (C=O) groups is 1. The molecule has 9 heteroatoms. The molecule has 8 nitrogen and oxygen atoms in total. The van der Waals surface area contributed by atoms with Gasteiger partial charge in [0.2, 0.25) is 5.88 Å². The first-order valence-electron chi connectivity index (χ1n) is 10.4. The Labute approximate surface area is 189 Å². The van der Waals surface area contributed by atoms with Crippen molar-refractivity contribution in [3.8, 4) is 23.1 Å². The summed E-state index contributed by atoms with van der Waals surface area (Å²) in [6.07, 6.45) is -0.498. The van der Waals surface area contributed by atoms with E-state index in [4.69, 9.17) is 14.2 Å². The van der Waals surface area contributed by atoms with Crippen molar-refractivity contribution in [1.29, 1.82) is 0 Å². The maximum atomic E-state index is 13.3. The number of aryl methyl sites for hydroxylation is 1. The Hall–Kier alpha value is -4.14.